The third kappa shape index (κ3) is 4.32. The molecular weight excluding hydrogens is 325 g/mol. The van der Waals surface area contributed by atoms with E-state index in [0.29, 0.717) is 19.4 Å². The van der Waals surface area contributed by atoms with Gasteiger partial charge in [-0.25, -0.2) is 14.4 Å². The third-order valence-electron chi connectivity index (χ3n) is 4.47. The number of aryl methyl sites for hydroxylation is 2. The number of nitrogens with one attached hydrogen (secondary N) is 1. The second kappa shape index (κ2) is 7.58. The maximum absolute atomic E-state index is 12.9. The van der Waals surface area contributed by atoms with Crippen molar-refractivity contribution in [1.82, 2.24) is 25.1 Å². The van der Waals surface area contributed by atoms with Gasteiger partial charge in [0.2, 0.25) is 5.91 Å². The molecule has 0 saturated carbocycles. The Balaban J connectivity index is 1.53. The quantitative estimate of drug-likeness (QED) is 0.894. The van der Waals surface area contributed by atoms with Crippen molar-refractivity contribution in [3.8, 4) is 6.01 Å². The van der Waals surface area contributed by atoms with Crippen LogP contribution in [0.25, 0.3) is 0 Å². The largest absolute Gasteiger partial charge is 0.458 e. The Morgan fingerprint density at radius 2 is 2.16 bits per heavy atom. The molecule has 0 aromatic carbocycles. The van der Waals surface area contributed by atoms with Gasteiger partial charge in [-0.05, 0) is 38.7 Å². The molecular formula is C17H22FN5O2. The SMILES string of the molecule is Cc1n[nH]c(C)c1CCC(=O)N1CCCC(Oc2ncc(F)cn2)C1. The normalized spacial score (nSPS) is 17.6. The zero-order chi connectivity index (χ0) is 17.8. The van der Waals surface area contributed by atoms with Gasteiger partial charge in [-0.2, -0.15) is 5.10 Å². The Morgan fingerprint density at radius 1 is 1.40 bits per heavy atom. The van der Waals surface area contributed by atoms with E-state index in [9.17, 15) is 9.18 Å². The Bertz CT molecular complexity index is 712. The lowest BCUT2D eigenvalue weighted by Crippen LogP contribution is -2.44. The van der Waals surface area contributed by atoms with E-state index in [0.717, 1.165) is 48.7 Å². The summed E-state index contributed by atoms with van der Waals surface area (Å²) in [5.41, 5.74) is 3.06. The van der Waals surface area contributed by atoms with Crippen LogP contribution < -0.4 is 4.74 Å². The minimum Gasteiger partial charge on any atom is -0.458 e. The molecule has 25 heavy (non-hydrogen) atoms. The van der Waals surface area contributed by atoms with Crippen molar-refractivity contribution >= 4 is 5.91 Å². The van der Waals surface area contributed by atoms with Crippen LogP contribution in [0, 0.1) is 19.7 Å². The second-order valence-electron chi connectivity index (χ2n) is 6.32. The summed E-state index contributed by atoms with van der Waals surface area (Å²) in [6.45, 7) is 5.14. The number of piperidine rings is 1. The average Bonchev–Trinajstić information content (AvgIpc) is 2.93. The number of rotatable bonds is 5. The van der Waals surface area contributed by atoms with Gasteiger partial charge in [0.25, 0.3) is 0 Å². The van der Waals surface area contributed by atoms with Gasteiger partial charge in [-0.1, -0.05) is 0 Å². The molecule has 0 radical (unpaired) electrons. The van der Waals surface area contributed by atoms with Crippen molar-refractivity contribution in [2.24, 2.45) is 0 Å². The molecule has 1 aliphatic heterocycles. The molecule has 134 valence electrons. The maximum Gasteiger partial charge on any atom is 0.316 e. The van der Waals surface area contributed by atoms with Gasteiger partial charge in [-0.15, -0.1) is 0 Å². The van der Waals surface area contributed by atoms with E-state index >= 15 is 0 Å². The molecule has 7 nitrogen and oxygen atoms in total. The van der Waals surface area contributed by atoms with Crippen LogP contribution >= 0.6 is 0 Å². The molecule has 1 N–H and O–H groups in total. The van der Waals surface area contributed by atoms with Gasteiger partial charge in [0.05, 0.1) is 24.6 Å². The first-order valence-electron chi connectivity index (χ1n) is 8.45. The van der Waals surface area contributed by atoms with Gasteiger partial charge in [0.1, 0.15) is 6.10 Å². The summed E-state index contributed by atoms with van der Waals surface area (Å²) in [5, 5.41) is 7.10. The molecule has 1 aliphatic rings. The fourth-order valence-electron chi connectivity index (χ4n) is 3.10. The van der Waals surface area contributed by atoms with Crippen LogP contribution in [-0.2, 0) is 11.2 Å². The van der Waals surface area contributed by atoms with Crippen molar-refractivity contribution in [2.45, 2.75) is 45.6 Å². The van der Waals surface area contributed by atoms with E-state index in [2.05, 4.69) is 20.2 Å². The molecule has 1 unspecified atom stereocenters. The highest BCUT2D eigenvalue weighted by molar-refractivity contribution is 5.76. The first kappa shape index (κ1) is 17.3. The Labute approximate surface area is 145 Å². The standard InChI is InChI=1S/C17H22FN5O2/c1-11-15(12(2)22-21-11)5-6-16(24)23-7-3-4-14(10-23)25-17-19-8-13(18)9-20-17/h8-9,14H,3-7,10H2,1-2H3,(H,21,22). The number of hydrogen-bond donors (Lipinski definition) is 1. The monoisotopic (exact) mass is 347 g/mol. The van der Waals surface area contributed by atoms with Crippen LogP contribution in [0.15, 0.2) is 12.4 Å². The van der Waals surface area contributed by atoms with Gasteiger partial charge in [-0.3, -0.25) is 9.89 Å². The highest BCUT2D eigenvalue weighted by Gasteiger charge is 2.25. The first-order valence-corrected chi connectivity index (χ1v) is 8.45. The summed E-state index contributed by atoms with van der Waals surface area (Å²) < 4.78 is 18.5. The van der Waals surface area contributed by atoms with Gasteiger partial charge < -0.3 is 9.64 Å². The van der Waals surface area contributed by atoms with Crippen molar-refractivity contribution in [1.29, 1.82) is 0 Å². The second-order valence-corrected chi connectivity index (χ2v) is 6.32. The molecule has 8 heteroatoms. The van der Waals surface area contributed by atoms with E-state index in [-0.39, 0.29) is 18.0 Å². The van der Waals surface area contributed by atoms with Crippen LogP contribution in [-0.4, -0.2) is 50.2 Å². The molecule has 3 rings (SSSR count). The fraction of sp³-hybridized carbons (Fsp3) is 0.529. The van der Waals surface area contributed by atoms with Crippen LogP contribution in [0.5, 0.6) is 6.01 Å². The Kier molecular flexibility index (Phi) is 5.25. The Hall–Kier alpha value is -2.51. The fourth-order valence-corrected chi connectivity index (χ4v) is 3.10. The van der Waals surface area contributed by atoms with Crippen molar-refractivity contribution in [3.63, 3.8) is 0 Å². The molecule has 1 atom stereocenters. The minimum atomic E-state index is -0.502. The van der Waals surface area contributed by atoms with E-state index < -0.39 is 5.82 Å². The van der Waals surface area contributed by atoms with Crippen molar-refractivity contribution in [2.75, 3.05) is 13.1 Å². The average molecular weight is 347 g/mol. The zero-order valence-electron chi connectivity index (χ0n) is 14.5. The number of hydrogen-bond acceptors (Lipinski definition) is 5. The molecule has 2 aromatic heterocycles. The van der Waals surface area contributed by atoms with Crippen LogP contribution in [0.3, 0.4) is 0 Å². The van der Waals surface area contributed by atoms with Crippen LogP contribution in [0.2, 0.25) is 0 Å². The number of likely N-dealkylation sites (tertiary alicyclic amines) is 1. The number of ether oxygens (including phenoxy) is 1. The number of aromatic nitrogens is 4. The minimum absolute atomic E-state index is 0.105. The molecule has 1 amide bonds. The number of aromatic amines is 1. The van der Waals surface area contributed by atoms with E-state index in [1.54, 1.807) is 0 Å². The lowest BCUT2D eigenvalue weighted by molar-refractivity contribution is -0.133. The summed E-state index contributed by atoms with van der Waals surface area (Å²) in [7, 11) is 0. The molecule has 1 fully saturated rings. The summed E-state index contributed by atoms with van der Waals surface area (Å²) in [5.74, 6) is -0.397. The lowest BCUT2D eigenvalue weighted by Gasteiger charge is -2.32. The van der Waals surface area contributed by atoms with Crippen molar-refractivity contribution in [3.05, 3.63) is 35.2 Å². The first-order chi connectivity index (χ1) is 12.0. The molecule has 1 saturated heterocycles. The number of carbonyl (C=O) groups is 1. The molecule has 0 spiro atoms. The summed E-state index contributed by atoms with van der Waals surface area (Å²) in [4.78, 5) is 22.0. The zero-order valence-corrected chi connectivity index (χ0v) is 14.5. The van der Waals surface area contributed by atoms with Crippen molar-refractivity contribution < 1.29 is 13.9 Å². The maximum atomic E-state index is 12.9. The van der Waals surface area contributed by atoms with E-state index in [1.807, 2.05) is 18.7 Å². The van der Waals surface area contributed by atoms with Gasteiger partial charge in [0, 0.05) is 18.7 Å². The Morgan fingerprint density at radius 3 is 2.84 bits per heavy atom. The van der Waals surface area contributed by atoms with Crippen LogP contribution in [0.1, 0.15) is 36.2 Å². The number of H-pyrrole nitrogens is 1. The summed E-state index contributed by atoms with van der Waals surface area (Å²) >= 11 is 0. The smallest absolute Gasteiger partial charge is 0.316 e. The molecule has 3 heterocycles. The van der Waals surface area contributed by atoms with Crippen LogP contribution in [0.4, 0.5) is 4.39 Å². The topological polar surface area (TPSA) is 84.0 Å². The predicted octanol–water partition coefficient (Wildman–Crippen LogP) is 1.96. The van der Waals surface area contributed by atoms with E-state index in [4.69, 9.17) is 4.74 Å². The summed E-state index contributed by atoms with van der Waals surface area (Å²) in [6.07, 6.45) is 4.79. The highest BCUT2D eigenvalue weighted by Crippen LogP contribution is 2.18. The predicted molar refractivity (Wildman–Crippen MR) is 88.6 cm³/mol. The number of halogens is 1. The number of nitrogens with zero attached hydrogens (tertiary/aromatic N) is 4. The lowest BCUT2D eigenvalue weighted by atomic mass is 10.0. The summed E-state index contributed by atoms with van der Waals surface area (Å²) in [6, 6.07) is 0.144. The highest BCUT2D eigenvalue weighted by atomic mass is 19.1. The number of amides is 1. The molecule has 0 aliphatic carbocycles. The molecule has 2 aromatic rings. The number of carbonyl (C=O) groups excluding carboxylic acids is 1. The van der Waals surface area contributed by atoms with Gasteiger partial charge >= 0.3 is 6.01 Å². The molecule has 0 bridgehead atoms. The van der Waals surface area contributed by atoms with E-state index in [1.165, 1.54) is 0 Å². The van der Waals surface area contributed by atoms with Gasteiger partial charge in [0.15, 0.2) is 5.82 Å². The third-order valence-corrected chi connectivity index (χ3v) is 4.47.